The average Bonchev–Trinajstić information content (AvgIpc) is 3.96. The van der Waals surface area contributed by atoms with Gasteiger partial charge in [-0.05, 0) is 99.0 Å². The van der Waals surface area contributed by atoms with Crippen molar-refractivity contribution in [3.8, 4) is 5.75 Å². The number of ether oxygens (including phenoxy) is 1. The molecule has 0 aromatic heterocycles. The molecule has 0 saturated heterocycles. The predicted molar refractivity (Wildman–Crippen MR) is 215 cm³/mol. The topological polar surface area (TPSA) is 26.3 Å². The molecule has 0 aliphatic heterocycles. The molecule has 0 amide bonds. The summed E-state index contributed by atoms with van der Waals surface area (Å²) in [5.41, 5.74) is 2.01. The van der Waals surface area contributed by atoms with Crippen molar-refractivity contribution in [2.45, 2.75) is 137 Å². The van der Waals surface area contributed by atoms with Crippen LogP contribution < -0.4 is 42.5 Å². The van der Waals surface area contributed by atoms with Crippen LogP contribution in [0.3, 0.4) is 0 Å². The van der Waals surface area contributed by atoms with Crippen molar-refractivity contribution in [3.63, 3.8) is 0 Å². The summed E-state index contributed by atoms with van der Waals surface area (Å²) in [6.45, 7) is 10.9. The summed E-state index contributed by atoms with van der Waals surface area (Å²) in [5.74, 6) is -0.896. The minimum Gasteiger partial charge on any atom is -0.491 e. The van der Waals surface area contributed by atoms with Crippen molar-refractivity contribution in [2.24, 2.45) is 23.7 Å². The number of hydrogen-bond acceptors (Lipinski definition) is 2. The maximum Gasteiger partial charge on any atom is 1.00 e. The molecule has 3 fully saturated rings. The first-order chi connectivity index (χ1) is 26.9. The number of carbonyl (C=O) groups excluding carboxylic acids is 1. The van der Waals surface area contributed by atoms with Crippen LogP contribution in [-0.2, 0) is 4.79 Å². The summed E-state index contributed by atoms with van der Waals surface area (Å²) in [5, 5.41) is 0. The maximum atomic E-state index is 14.3. The van der Waals surface area contributed by atoms with Gasteiger partial charge in [0.1, 0.15) is 5.78 Å². The fourth-order valence-corrected chi connectivity index (χ4v) is 8.03. The molecule has 1 atom stereocenters. The smallest absolute Gasteiger partial charge is 0.491 e. The van der Waals surface area contributed by atoms with Crippen molar-refractivity contribution in [1.82, 2.24) is 0 Å². The van der Waals surface area contributed by atoms with Crippen LogP contribution in [0.1, 0.15) is 140 Å². The minimum absolute atomic E-state index is 0. The molecule has 3 saturated carbocycles. The Morgan fingerprint density at radius 2 is 1.21 bits per heavy atom. The SMILES string of the molecule is CCOc1ccc(C2=CCC(C3CCCC3)CC2)c(F)c1F.Cc1cc[c-]c(F)c1F.Cc1cccc(F)c1F.O=C1CCC(C2CCCC2)CC1.[CH2-]CCC.[Li+].[Li+]. The van der Waals surface area contributed by atoms with E-state index in [2.05, 4.69) is 26.0 Å². The van der Waals surface area contributed by atoms with Crippen molar-refractivity contribution in [1.29, 1.82) is 0 Å². The van der Waals surface area contributed by atoms with Gasteiger partial charge in [-0.1, -0.05) is 89.8 Å². The minimum atomic E-state index is -0.907. The van der Waals surface area contributed by atoms with Crippen LogP contribution in [0.5, 0.6) is 5.75 Å². The number of benzene rings is 3. The van der Waals surface area contributed by atoms with Crippen LogP contribution in [0.25, 0.3) is 5.57 Å². The van der Waals surface area contributed by atoms with Gasteiger partial charge in [0.2, 0.25) is 5.82 Å². The van der Waals surface area contributed by atoms with Crippen molar-refractivity contribution >= 4 is 11.4 Å². The molecule has 2 nitrogen and oxygen atoms in total. The molecule has 0 radical (unpaired) electrons. The van der Waals surface area contributed by atoms with Crippen LogP contribution in [-0.4, -0.2) is 12.4 Å². The van der Waals surface area contributed by atoms with Crippen LogP contribution in [0.15, 0.2) is 48.5 Å². The first kappa shape index (κ1) is 53.7. The second-order valence-corrected chi connectivity index (χ2v) is 15.4. The first-order valence-corrected chi connectivity index (χ1v) is 20.8. The standard InChI is InChI=1S/C19H24F2O.C11H18O.C7H6F2.C7H5F2.C4H9.2Li/c1-2-22-17-12-11-16(18(20)19(17)21)15-9-7-14(8-10-15)13-5-3-4-6-13;12-11-7-5-10(6-8-11)9-3-1-2-4-9;2*1-5-3-2-4-6(8)7(5)9;1-3-4-2;;/h9,11-14H,2-8,10H2,1H3;9-10H,1-8H2;2-4H,1H3;2-3H,1H3;1,3-4H2,2H3;;/q;;;2*-1;2*+1. The molecule has 0 N–H and O–H groups in total. The third-order valence-corrected chi connectivity index (χ3v) is 11.4. The Balaban J connectivity index is 0.000000398. The Labute approximate surface area is 369 Å². The van der Waals surface area contributed by atoms with E-state index in [9.17, 15) is 31.1 Å². The van der Waals surface area contributed by atoms with Gasteiger partial charge in [0.15, 0.2) is 23.2 Å². The number of carbonyl (C=O) groups is 1. The van der Waals surface area contributed by atoms with E-state index < -0.39 is 34.9 Å². The van der Waals surface area contributed by atoms with Gasteiger partial charge >= 0.3 is 37.7 Å². The zero-order valence-electron chi connectivity index (χ0n) is 35.9. The summed E-state index contributed by atoms with van der Waals surface area (Å²) in [6.07, 6.45) is 22.7. The summed E-state index contributed by atoms with van der Waals surface area (Å²) < 4.78 is 82.4. The normalized spacial score (nSPS) is 17.9. The van der Waals surface area contributed by atoms with Crippen LogP contribution in [0, 0.1) is 85.4 Å². The van der Waals surface area contributed by atoms with Gasteiger partial charge in [0.25, 0.3) is 0 Å². The predicted octanol–water partition coefficient (Wildman–Crippen LogP) is 8.65. The van der Waals surface area contributed by atoms with E-state index in [1.54, 1.807) is 19.1 Å². The zero-order valence-corrected chi connectivity index (χ0v) is 35.9. The number of unbranched alkanes of at least 4 members (excludes halogenated alkanes) is 1. The Morgan fingerprint density at radius 1 is 0.672 bits per heavy atom. The van der Waals surface area contributed by atoms with Crippen LogP contribution in [0.2, 0.25) is 0 Å². The molecule has 3 aromatic rings. The number of hydrogen-bond donors (Lipinski definition) is 0. The van der Waals surface area contributed by atoms with Gasteiger partial charge in [-0.3, -0.25) is 9.18 Å². The van der Waals surface area contributed by atoms with Gasteiger partial charge in [-0.15, -0.1) is 11.6 Å². The Hall–Kier alpha value is -2.36. The molecule has 310 valence electrons. The van der Waals surface area contributed by atoms with Gasteiger partial charge in [0.05, 0.1) is 6.61 Å². The molecule has 0 heterocycles. The quantitative estimate of drug-likeness (QED) is 0.142. The maximum absolute atomic E-state index is 14.3. The molecule has 4 aliphatic rings. The van der Waals surface area contributed by atoms with Gasteiger partial charge in [0, 0.05) is 30.0 Å². The number of allylic oxidation sites excluding steroid dienone is 2. The molecule has 1 unspecified atom stereocenters. The van der Waals surface area contributed by atoms with Gasteiger partial charge < -0.3 is 11.7 Å². The van der Waals surface area contributed by atoms with E-state index >= 15 is 0 Å². The van der Waals surface area contributed by atoms with Crippen LogP contribution in [0.4, 0.5) is 26.3 Å². The molecule has 0 bridgehead atoms. The molecule has 7 rings (SSSR count). The third-order valence-electron chi connectivity index (χ3n) is 11.4. The van der Waals surface area contributed by atoms with E-state index in [1.165, 1.54) is 109 Å². The number of halogens is 6. The Kier molecular flexibility index (Phi) is 26.8. The van der Waals surface area contributed by atoms with Gasteiger partial charge in [-0.25, -0.2) is 17.6 Å². The first-order valence-electron chi connectivity index (χ1n) is 20.8. The molecule has 10 heteroatoms. The monoisotopic (exact) mass is 798 g/mol. The second kappa shape index (κ2) is 29.0. The van der Waals surface area contributed by atoms with Gasteiger partial charge in [-0.2, -0.15) is 22.9 Å². The fraction of sp³-hybridized carbons (Fsp3) is 0.542. The van der Waals surface area contributed by atoms with E-state index in [4.69, 9.17) is 4.74 Å². The summed E-state index contributed by atoms with van der Waals surface area (Å²) in [4.78, 5) is 11.0. The summed E-state index contributed by atoms with van der Waals surface area (Å²) in [7, 11) is 0. The second-order valence-electron chi connectivity index (χ2n) is 15.4. The molecule has 58 heavy (non-hydrogen) atoms. The number of ketones is 1. The third kappa shape index (κ3) is 17.3. The molecule has 0 spiro atoms. The molecule has 4 aliphatic carbocycles. The Morgan fingerprint density at radius 3 is 1.67 bits per heavy atom. The largest absolute Gasteiger partial charge is 1.00 e. The van der Waals surface area contributed by atoms with E-state index in [-0.39, 0.29) is 43.5 Å². The average molecular weight is 799 g/mol. The van der Waals surface area contributed by atoms with Crippen molar-refractivity contribution < 1.29 is 73.6 Å². The Bertz CT molecular complexity index is 1570. The fourth-order valence-electron chi connectivity index (χ4n) is 8.03. The zero-order chi connectivity index (χ0) is 41.0. The molecular weight excluding hydrogens is 736 g/mol. The summed E-state index contributed by atoms with van der Waals surface area (Å²) in [6, 6.07) is 12.2. The number of rotatable bonds is 6. The van der Waals surface area contributed by atoms with E-state index in [0.717, 1.165) is 73.8 Å². The number of Topliss-reactive ketones (excluding diaryl/α,β-unsaturated/α-hetero) is 1. The summed E-state index contributed by atoms with van der Waals surface area (Å²) >= 11 is 0. The van der Waals surface area contributed by atoms with Crippen molar-refractivity contribution in [3.05, 3.63) is 113 Å². The van der Waals surface area contributed by atoms with E-state index in [1.807, 2.05) is 0 Å². The van der Waals surface area contributed by atoms with E-state index in [0.29, 0.717) is 29.1 Å². The van der Waals surface area contributed by atoms with Crippen molar-refractivity contribution in [2.75, 3.05) is 6.61 Å². The molecular formula is C48H62F6Li2O2. The molecule has 3 aromatic carbocycles. The number of aryl methyl sites for hydroxylation is 2. The van der Waals surface area contributed by atoms with Crippen LogP contribution >= 0.6 is 0 Å².